The van der Waals surface area contributed by atoms with Crippen LogP contribution in [0.1, 0.15) is 17.7 Å². The Kier molecular flexibility index (Phi) is 5.45. The highest BCUT2D eigenvalue weighted by molar-refractivity contribution is 5.83. The number of para-hydroxylation sites is 1. The molecule has 4 N–H and O–H groups in total. The Bertz CT molecular complexity index is 792. The summed E-state index contributed by atoms with van der Waals surface area (Å²) in [5.41, 5.74) is 9.48. The van der Waals surface area contributed by atoms with E-state index in [2.05, 4.69) is 44.7 Å². The molecule has 0 amide bonds. The van der Waals surface area contributed by atoms with Gasteiger partial charge in [0, 0.05) is 48.5 Å². The topological polar surface area (TPSA) is 79.1 Å². The van der Waals surface area contributed by atoms with E-state index in [1.165, 1.54) is 16.5 Å². The minimum Gasteiger partial charge on any atom is -0.370 e. The van der Waals surface area contributed by atoms with Crippen LogP contribution in [0.2, 0.25) is 0 Å². The molecule has 0 unspecified atom stereocenters. The van der Waals surface area contributed by atoms with Gasteiger partial charge in [-0.3, -0.25) is 9.98 Å². The molecule has 0 aliphatic rings. The largest absolute Gasteiger partial charge is 0.370 e. The highest BCUT2D eigenvalue weighted by Gasteiger charge is 2.02. The van der Waals surface area contributed by atoms with E-state index in [1.54, 1.807) is 6.20 Å². The quantitative estimate of drug-likeness (QED) is 0.355. The van der Waals surface area contributed by atoms with Gasteiger partial charge in [-0.2, -0.15) is 0 Å². The van der Waals surface area contributed by atoms with Crippen molar-refractivity contribution in [1.29, 1.82) is 0 Å². The molecule has 0 spiro atoms. The van der Waals surface area contributed by atoms with E-state index in [-0.39, 0.29) is 0 Å². The van der Waals surface area contributed by atoms with Crippen molar-refractivity contribution < 1.29 is 0 Å². The van der Waals surface area contributed by atoms with Gasteiger partial charge < -0.3 is 16.0 Å². The number of pyridine rings is 1. The SMILES string of the molecule is NC(=NCCCc1c[nH]c2ccccc12)NCCc1ccccn1. The summed E-state index contributed by atoms with van der Waals surface area (Å²) in [5, 5.41) is 4.43. The van der Waals surface area contributed by atoms with E-state index < -0.39 is 0 Å². The predicted octanol–water partition coefficient (Wildman–Crippen LogP) is 2.64. The molecular weight excluding hydrogens is 298 g/mol. The van der Waals surface area contributed by atoms with E-state index in [9.17, 15) is 0 Å². The molecule has 0 saturated carbocycles. The summed E-state index contributed by atoms with van der Waals surface area (Å²) in [7, 11) is 0. The number of fused-ring (bicyclic) bond motifs is 1. The van der Waals surface area contributed by atoms with Crippen molar-refractivity contribution in [2.75, 3.05) is 13.1 Å². The number of H-pyrrole nitrogens is 1. The smallest absolute Gasteiger partial charge is 0.188 e. The zero-order valence-corrected chi connectivity index (χ0v) is 13.7. The number of nitrogens with zero attached hydrogens (tertiary/aromatic N) is 2. The Hall–Kier alpha value is -2.82. The molecule has 0 aliphatic carbocycles. The standard InChI is InChI=1S/C19H23N5/c20-19(23-13-10-16-7-3-4-11-21-16)22-12-5-6-15-14-24-18-9-2-1-8-17(15)18/h1-4,7-9,11,14,24H,5-6,10,12-13H2,(H3,20,22,23). The number of hydrogen-bond donors (Lipinski definition) is 3. The summed E-state index contributed by atoms with van der Waals surface area (Å²) in [6.45, 7) is 1.47. The van der Waals surface area contributed by atoms with Gasteiger partial charge in [-0.05, 0) is 36.6 Å². The van der Waals surface area contributed by atoms with Crippen molar-refractivity contribution in [3.63, 3.8) is 0 Å². The van der Waals surface area contributed by atoms with E-state index in [1.807, 2.05) is 24.3 Å². The summed E-state index contributed by atoms with van der Waals surface area (Å²) >= 11 is 0. The number of aromatic amines is 1. The summed E-state index contributed by atoms with van der Waals surface area (Å²) in [6, 6.07) is 14.3. The highest BCUT2D eigenvalue weighted by Crippen LogP contribution is 2.18. The Balaban J connectivity index is 1.39. The fourth-order valence-electron chi connectivity index (χ4n) is 2.73. The minimum absolute atomic E-state index is 0.504. The van der Waals surface area contributed by atoms with E-state index in [0.717, 1.165) is 38.0 Å². The third-order valence-corrected chi connectivity index (χ3v) is 3.97. The average molecular weight is 321 g/mol. The molecule has 0 aliphatic heterocycles. The lowest BCUT2D eigenvalue weighted by Crippen LogP contribution is -2.33. The number of rotatable bonds is 7. The predicted molar refractivity (Wildman–Crippen MR) is 99.1 cm³/mol. The van der Waals surface area contributed by atoms with Gasteiger partial charge in [0.15, 0.2) is 5.96 Å². The van der Waals surface area contributed by atoms with Gasteiger partial charge in [-0.1, -0.05) is 24.3 Å². The van der Waals surface area contributed by atoms with Crippen LogP contribution in [0, 0.1) is 0 Å². The molecule has 24 heavy (non-hydrogen) atoms. The van der Waals surface area contributed by atoms with Gasteiger partial charge in [0.2, 0.25) is 0 Å². The third kappa shape index (κ3) is 4.35. The molecule has 0 atom stereocenters. The molecule has 3 aromatic rings. The number of nitrogens with one attached hydrogen (secondary N) is 2. The molecule has 0 saturated heterocycles. The fraction of sp³-hybridized carbons (Fsp3) is 0.263. The number of hydrogen-bond acceptors (Lipinski definition) is 2. The van der Waals surface area contributed by atoms with Crippen LogP contribution in [0.15, 0.2) is 59.9 Å². The first kappa shape index (κ1) is 16.1. The van der Waals surface area contributed by atoms with Crippen molar-refractivity contribution in [3.8, 4) is 0 Å². The second-order valence-electron chi connectivity index (χ2n) is 5.73. The zero-order valence-electron chi connectivity index (χ0n) is 13.7. The van der Waals surface area contributed by atoms with Crippen molar-refractivity contribution >= 4 is 16.9 Å². The number of aromatic nitrogens is 2. The van der Waals surface area contributed by atoms with Crippen molar-refractivity contribution in [3.05, 3.63) is 66.1 Å². The number of nitrogens with two attached hydrogens (primary N) is 1. The molecule has 124 valence electrons. The van der Waals surface area contributed by atoms with Crippen LogP contribution in [-0.2, 0) is 12.8 Å². The normalized spacial score (nSPS) is 11.8. The maximum atomic E-state index is 5.90. The number of guanidine groups is 1. The van der Waals surface area contributed by atoms with E-state index >= 15 is 0 Å². The van der Waals surface area contributed by atoms with Crippen LogP contribution in [0.5, 0.6) is 0 Å². The van der Waals surface area contributed by atoms with Gasteiger partial charge in [0.05, 0.1) is 0 Å². The molecule has 0 radical (unpaired) electrons. The van der Waals surface area contributed by atoms with Crippen LogP contribution in [-0.4, -0.2) is 29.0 Å². The van der Waals surface area contributed by atoms with Gasteiger partial charge in [-0.15, -0.1) is 0 Å². The van der Waals surface area contributed by atoms with Gasteiger partial charge in [-0.25, -0.2) is 0 Å². The molecule has 0 fully saturated rings. The van der Waals surface area contributed by atoms with Gasteiger partial charge >= 0.3 is 0 Å². The van der Waals surface area contributed by atoms with Crippen LogP contribution in [0.3, 0.4) is 0 Å². The summed E-state index contributed by atoms with van der Waals surface area (Å²) in [6.07, 6.45) is 6.70. The molecule has 2 aromatic heterocycles. The lowest BCUT2D eigenvalue weighted by molar-refractivity contribution is 0.802. The molecule has 1 aromatic carbocycles. The molecule has 0 bridgehead atoms. The third-order valence-electron chi connectivity index (χ3n) is 3.97. The fourth-order valence-corrected chi connectivity index (χ4v) is 2.73. The molecule has 3 rings (SSSR count). The van der Waals surface area contributed by atoms with Gasteiger partial charge in [0.1, 0.15) is 0 Å². The lowest BCUT2D eigenvalue weighted by atomic mass is 10.1. The van der Waals surface area contributed by atoms with Crippen molar-refractivity contribution in [2.24, 2.45) is 10.7 Å². The van der Waals surface area contributed by atoms with Crippen molar-refractivity contribution in [1.82, 2.24) is 15.3 Å². The van der Waals surface area contributed by atoms with Crippen LogP contribution >= 0.6 is 0 Å². The number of benzene rings is 1. The Morgan fingerprint density at radius 3 is 2.88 bits per heavy atom. The summed E-state index contributed by atoms with van der Waals surface area (Å²) in [4.78, 5) is 12.0. The minimum atomic E-state index is 0.504. The number of aryl methyl sites for hydroxylation is 1. The van der Waals surface area contributed by atoms with Crippen LogP contribution in [0.4, 0.5) is 0 Å². The van der Waals surface area contributed by atoms with E-state index in [0.29, 0.717) is 5.96 Å². The Morgan fingerprint density at radius 2 is 2.00 bits per heavy atom. The average Bonchev–Trinajstić information content (AvgIpc) is 3.03. The first-order valence-corrected chi connectivity index (χ1v) is 8.31. The van der Waals surface area contributed by atoms with Crippen LogP contribution < -0.4 is 11.1 Å². The molecule has 5 heteroatoms. The second-order valence-corrected chi connectivity index (χ2v) is 5.73. The van der Waals surface area contributed by atoms with E-state index in [4.69, 9.17) is 5.73 Å². The Labute approximate surface area is 142 Å². The summed E-state index contributed by atoms with van der Waals surface area (Å²) in [5.74, 6) is 0.504. The first-order valence-electron chi connectivity index (χ1n) is 8.31. The second kappa shape index (κ2) is 8.15. The maximum absolute atomic E-state index is 5.90. The molecule has 2 heterocycles. The summed E-state index contributed by atoms with van der Waals surface area (Å²) < 4.78 is 0. The first-order chi connectivity index (χ1) is 11.8. The number of aliphatic imine (C=N–C) groups is 1. The Morgan fingerprint density at radius 1 is 1.12 bits per heavy atom. The molecule has 5 nitrogen and oxygen atoms in total. The zero-order chi connectivity index (χ0) is 16.6. The monoisotopic (exact) mass is 321 g/mol. The molecular formula is C19H23N5. The van der Waals surface area contributed by atoms with Crippen LogP contribution in [0.25, 0.3) is 10.9 Å². The lowest BCUT2D eigenvalue weighted by Gasteiger charge is -2.05. The maximum Gasteiger partial charge on any atom is 0.188 e. The van der Waals surface area contributed by atoms with Crippen molar-refractivity contribution in [2.45, 2.75) is 19.3 Å². The van der Waals surface area contributed by atoms with Gasteiger partial charge in [0.25, 0.3) is 0 Å². The highest BCUT2D eigenvalue weighted by atomic mass is 15.1.